The average Bonchev–Trinajstić information content (AvgIpc) is 3.60. The Labute approximate surface area is 241 Å². The molecule has 2 bridgehead atoms. The molecule has 0 radical (unpaired) electrons. The van der Waals surface area contributed by atoms with E-state index >= 15 is 0 Å². The summed E-state index contributed by atoms with van der Waals surface area (Å²) >= 11 is 0. The summed E-state index contributed by atoms with van der Waals surface area (Å²) in [6, 6.07) is 10.3. The normalized spacial score (nSPS) is 23.1. The largest absolute Gasteiger partial charge is 0.435 e. The van der Waals surface area contributed by atoms with Crippen LogP contribution in [0.1, 0.15) is 46.9 Å². The zero-order chi connectivity index (χ0) is 29.1. The number of Topliss-reactive ketones (excluding diaryl/α,β-unsaturated/α-hetero) is 1. The van der Waals surface area contributed by atoms with Crippen molar-refractivity contribution in [3.8, 4) is 16.9 Å². The Balaban J connectivity index is 1.17. The molecule has 1 saturated carbocycles. The SMILES string of the molecule is CN(C)C(=O)C1C2CCC1CN(c1ncc(-c3ccc4nc5c(n4c3)C(c3ccccc3OC(F)F)CC5=O)cn1)C2. The molecule has 1 saturated heterocycles. The van der Waals surface area contributed by atoms with E-state index < -0.39 is 12.5 Å². The minimum Gasteiger partial charge on any atom is -0.435 e. The van der Waals surface area contributed by atoms with E-state index in [2.05, 4.69) is 19.9 Å². The molecule has 3 aromatic heterocycles. The summed E-state index contributed by atoms with van der Waals surface area (Å²) in [6.07, 6.45) is 7.68. The van der Waals surface area contributed by atoms with Crippen LogP contribution in [0.2, 0.25) is 0 Å². The highest BCUT2D eigenvalue weighted by Crippen LogP contribution is 2.44. The second-order valence-corrected chi connectivity index (χ2v) is 11.6. The number of pyridine rings is 1. The summed E-state index contributed by atoms with van der Waals surface area (Å²) < 4.78 is 32.9. The van der Waals surface area contributed by atoms with Crippen molar-refractivity contribution in [1.29, 1.82) is 0 Å². The molecular formula is C31H30F2N6O3. The van der Waals surface area contributed by atoms with Gasteiger partial charge in [-0.05, 0) is 42.9 Å². The van der Waals surface area contributed by atoms with E-state index in [1.54, 1.807) is 35.5 Å². The molecule has 3 atom stereocenters. The molecule has 0 N–H and O–H groups in total. The van der Waals surface area contributed by atoms with Gasteiger partial charge in [0.25, 0.3) is 0 Å². The van der Waals surface area contributed by atoms with Crippen molar-refractivity contribution in [2.45, 2.75) is 31.8 Å². The molecule has 0 spiro atoms. The molecule has 3 unspecified atom stereocenters. The van der Waals surface area contributed by atoms with E-state index in [0.717, 1.165) is 37.1 Å². The van der Waals surface area contributed by atoms with Crippen LogP contribution in [0, 0.1) is 17.8 Å². The van der Waals surface area contributed by atoms with Crippen molar-refractivity contribution >= 4 is 23.3 Å². The van der Waals surface area contributed by atoms with Gasteiger partial charge < -0.3 is 18.9 Å². The van der Waals surface area contributed by atoms with Crippen LogP contribution < -0.4 is 9.64 Å². The first-order valence-corrected chi connectivity index (χ1v) is 14.2. The lowest BCUT2D eigenvalue weighted by atomic mass is 9.84. The molecule has 3 aliphatic rings. The molecule has 1 aliphatic heterocycles. The van der Waals surface area contributed by atoms with Crippen LogP contribution in [0.15, 0.2) is 55.0 Å². The molecular weight excluding hydrogens is 542 g/mol. The number of alkyl halides is 2. The fraction of sp³-hybridized carbons (Fsp3) is 0.387. The van der Waals surface area contributed by atoms with Crippen LogP contribution in [0.3, 0.4) is 0 Å². The maximum atomic E-state index is 13.1. The second-order valence-electron chi connectivity index (χ2n) is 11.6. The molecule has 4 heterocycles. The van der Waals surface area contributed by atoms with Gasteiger partial charge >= 0.3 is 6.61 Å². The highest BCUT2D eigenvalue weighted by atomic mass is 19.3. The van der Waals surface area contributed by atoms with Gasteiger partial charge in [0.15, 0.2) is 5.78 Å². The molecule has 1 aromatic carbocycles. The molecule has 1 amide bonds. The van der Waals surface area contributed by atoms with Crippen molar-refractivity contribution in [2.75, 3.05) is 32.1 Å². The third-order valence-corrected chi connectivity index (χ3v) is 8.96. The van der Waals surface area contributed by atoms with Crippen molar-refractivity contribution in [1.82, 2.24) is 24.3 Å². The number of rotatable bonds is 6. The van der Waals surface area contributed by atoms with Gasteiger partial charge in [0.05, 0.1) is 5.69 Å². The van der Waals surface area contributed by atoms with Gasteiger partial charge in [-0.15, -0.1) is 0 Å². The highest BCUT2D eigenvalue weighted by molar-refractivity contribution is 6.00. The lowest BCUT2D eigenvalue weighted by Gasteiger charge is -2.38. The number of ketones is 1. The molecule has 2 fully saturated rings. The number of anilines is 1. The second kappa shape index (κ2) is 10.1. The van der Waals surface area contributed by atoms with Crippen LogP contribution in [0.4, 0.5) is 14.7 Å². The number of carbonyl (C=O) groups is 2. The topological polar surface area (TPSA) is 92.9 Å². The van der Waals surface area contributed by atoms with Gasteiger partial charge in [-0.3, -0.25) is 9.59 Å². The number of hydrogen-bond acceptors (Lipinski definition) is 7. The predicted molar refractivity (Wildman–Crippen MR) is 151 cm³/mol. The number of hydrogen-bond donors (Lipinski definition) is 0. The van der Waals surface area contributed by atoms with Crippen molar-refractivity contribution < 1.29 is 23.1 Å². The quantitative estimate of drug-likeness (QED) is 0.332. The lowest BCUT2D eigenvalue weighted by Crippen LogP contribution is -2.48. The number of imidazole rings is 1. The van der Waals surface area contributed by atoms with Crippen LogP contribution >= 0.6 is 0 Å². The van der Waals surface area contributed by atoms with Crippen LogP contribution in [-0.2, 0) is 4.79 Å². The van der Waals surface area contributed by atoms with Gasteiger partial charge in [0, 0.05) is 80.7 Å². The maximum Gasteiger partial charge on any atom is 0.387 e. The molecule has 216 valence electrons. The Morgan fingerprint density at radius 3 is 2.43 bits per heavy atom. The molecule has 11 heteroatoms. The van der Waals surface area contributed by atoms with Crippen LogP contribution in [0.25, 0.3) is 16.8 Å². The van der Waals surface area contributed by atoms with Crippen molar-refractivity contribution in [3.63, 3.8) is 0 Å². The number of fused-ring (bicyclic) bond motifs is 5. The highest BCUT2D eigenvalue weighted by Gasteiger charge is 2.46. The van der Waals surface area contributed by atoms with Gasteiger partial charge in [0.1, 0.15) is 17.1 Å². The summed E-state index contributed by atoms with van der Waals surface area (Å²) in [5, 5.41) is 0. The first-order chi connectivity index (χ1) is 20.3. The number of piperidine rings is 1. The van der Waals surface area contributed by atoms with Gasteiger partial charge in [-0.1, -0.05) is 18.2 Å². The Kier molecular flexibility index (Phi) is 6.40. The smallest absolute Gasteiger partial charge is 0.387 e. The summed E-state index contributed by atoms with van der Waals surface area (Å²) in [5.41, 5.74) is 3.75. The first kappa shape index (κ1) is 26.5. The number of benzene rings is 1. The Morgan fingerprint density at radius 2 is 1.74 bits per heavy atom. The Morgan fingerprint density at radius 1 is 1.02 bits per heavy atom. The standard InChI is InChI=1S/C31H30F2N6O3/c1-37(2)29(41)26-18-7-8-19(26)15-38(14-18)31-34-12-20(13-35-31)17-9-10-25-36-27-23(40)11-22(28(27)39(25)16-17)21-5-3-4-6-24(21)42-30(32)33/h3-6,9-10,12-13,16,18-19,22,26,30H,7-8,11,14-15H2,1-2H3. The van der Waals surface area contributed by atoms with E-state index in [-0.39, 0.29) is 29.8 Å². The minimum atomic E-state index is -2.97. The number of para-hydroxylation sites is 1. The summed E-state index contributed by atoms with van der Waals surface area (Å²) in [6.45, 7) is -1.44. The van der Waals surface area contributed by atoms with E-state index in [4.69, 9.17) is 4.74 Å². The van der Waals surface area contributed by atoms with E-state index in [9.17, 15) is 18.4 Å². The van der Waals surface area contributed by atoms with Crippen molar-refractivity contribution in [3.05, 3.63) is 71.9 Å². The predicted octanol–water partition coefficient (Wildman–Crippen LogP) is 4.66. The molecule has 42 heavy (non-hydrogen) atoms. The fourth-order valence-corrected chi connectivity index (χ4v) is 7.10. The zero-order valence-electron chi connectivity index (χ0n) is 23.3. The Hall–Kier alpha value is -4.41. The number of aromatic nitrogens is 4. The number of halogens is 2. The third kappa shape index (κ3) is 4.38. The van der Waals surface area contributed by atoms with Gasteiger partial charge in [-0.2, -0.15) is 8.78 Å². The monoisotopic (exact) mass is 572 g/mol. The van der Waals surface area contributed by atoms with E-state index in [1.165, 1.54) is 6.07 Å². The molecule has 7 rings (SSSR count). The van der Waals surface area contributed by atoms with Crippen LogP contribution in [0.5, 0.6) is 5.75 Å². The summed E-state index contributed by atoms with van der Waals surface area (Å²) in [7, 11) is 3.65. The maximum absolute atomic E-state index is 13.1. The number of nitrogens with zero attached hydrogens (tertiary/aromatic N) is 6. The van der Waals surface area contributed by atoms with Gasteiger partial charge in [0.2, 0.25) is 11.9 Å². The first-order valence-electron chi connectivity index (χ1n) is 14.2. The molecule has 4 aromatic rings. The van der Waals surface area contributed by atoms with Crippen LogP contribution in [-0.4, -0.2) is 69.7 Å². The zero-order valence-corrected chi connectivity index (χ0v) is 23.3. The van der Waals surface area contributed by atoms with Crippen molar-refractivity contribution in [2.24, 2.45) is 17.8 Å². The van der Waals surface area contributed by atoms with Gasteiger partial charge in [-0.25, -0.2) is 15.0 Å². The number of carbonyl (C=O) groups excluding carboxylic acids is 2. The fourth-order valence-electron chi connectivity index (χ4n) is 7.10. The average molecular weight is 573 g/mol. The summed E-state index contributed by atoms with van der Waals surface area (Å²) in [5.74, 6) is 1.000. The van der Waals surface area contributed by atoms with E-state index in [0.29, 0.717) is 40.4 Å². The molecule has 9 nitrogen and oxygen atoms in total. The third-order valence-electron chi connectivity index (χ3n) is 8.96. The number of ether oxygens (including phenoxy) is 1. The van der Waals surface area contributed by atoms with E-state index in [1.807, 2.05) is 36.8 Å². The molecule has 2 aliphatic carbocycles. The summed E-state index contributed by atoms with van der Waals surface area (Å²) in [4.78, 5) is 43.5. The lowest BCUT2D eigenvalue weighted by molar-refractivity contribution is -0.135. The Bertz CT molecular complexity index is 1670. The minimum absolute atomic E-state index is 0.0526. The number of amides is 1.